The highest BCUT2D eigenvalue weighted by Gasteiger charge is 2.40. The maximum absolute atomic E-state index is 13.4. The van der Waals surface area contributed by atoms with Gasteiger partial charge in [0.1, 0.15) is 6.54 Å². The molecule has 0 spiro atoms. The molecule has 0 heterocycles. The first kappa shape index (κ1) is 20.9. The lowest BCUT2D eigenvalue weighted by molar-refractivity contribution is -0.120. The number of hydrogen-bond acceptors (Lipinski definition) is 3. The van der Waals surface area contributed by atoms with Gasteiger partial charge >= 0.3 is 0 Å². The van der Waals surface area contributed by atoms with Crippen molar-refractivity contribution in [3.05, 3.63) is 59.7 Å². The molecule has 3 atom stereocenters. The zero-order valence-corrected chi connectivity index (χ0v) is 18.5. The molecule has 2 aliphatic rings. The van der Waals surface area contributed by atoms with Crippen LogP contribution < -0.4 is 9.62 Å². The zero-order valence-electron chi connectivity index (χ0n) is 17.7. The first-order valence-electron chi connectivity index (χ1n) is 10.8. The van der Waals surface area contributed by atoms with E-state index in [1.807, 2.05) is 19.1 Å². The zero-order chi connectivity index (χ0) is 21.3. The van der Waals surface area contributed by atoms with Crippen molar-refractivity contribution in [3.8, 4) is 0 Å². The number of carbonyl (C=O) groups excluding carboxylic acids is 1. The van der Waals surface area contributed by atoms with Crippen LogP contribution in [0.4, 0.5) is 5.69 Å². The highest BCUT2D eigenvalue weighted by molar-refractivity contribution is 7.92. The Morgan fingerprint density at radius 1 is 1.03 bits per heavy atom. The number of amides is 1. The summed E-state index contributed by atoms with van der Waals surface area (Å²) in [5.74, 6) is 1.03. The molecule has 4 rings (SSSR count). The summed E-state index contributed by atoms with van der Waals surface area (Å²) in [6.07, 6.45) is 5.51. The molecular formula is C24H30N2O3S. The predicted molar refractivity (Wildman–Crippen MR) is 119 cm³/mol. The minimum Gasteiger partial charge on any atom is -0.352 e. The molecule has 2 aliphatic carbocycles. The minimum absolute atomic E-state index is 0.183. The van der Waals surface area contributed by atoms with Gasteiger partial charge in [-0.15, -0.1) is 0 Å². The Bertz CT molecular complexity index is 1000. The Morgan fingerprint density at radius 3 is 2.30 bits per heavy atom. The largest absolute Gasteiger partial charge is 0.352 e. The van der Waals surface area contributed by atoms with Crippen LogP contribution in [0.15, 0.2) is 53.4 Å². The van der Waals surface area contributed by atoms with E-state index in [0.717, 1.165) is 24.0 Å². The Kier molecular flexibility index (Phi) is 5.87. The number of anilines is 1. The summed E-state index contributed by atoms with van der Waals surface area (Å²) in [4.78, 5) is 13.1. The number of carbonyl (C=O) groups is 1. The fourth-order valence-corrected chi connectivity index (χ4v) is 6.28. The molecule has 5 nitrogen and oxygen atoms in total. The van der Waals surface area contributed by atoms with Crippen molar-refractivity contribution in [1.29, 1.82) is 0 Å². The van der Waals surface area contributed by atoms with E-state index >= 15 is 0 Å². The Balaban J connectivity index is 1.59. The third-order valence-corrected chi connectivity index (χ3v) is 8.40. The van der Waals surface area contributed by atoms with Crippen LogP contribution in [0.25, 0.3) is 0 Å². The van der Waals surface area contributed by atoms with Gasteiger partial charge in [-0.05, 0) is 74.3 Å². The molecule has 1 amide bonds. The molecule has 0 unspecified atom stereocenters. The van der Waals surface area contributed by atoms with Crippen LogP contribution in [0.1, 0.15) is 43.7 Å². The standard InChI is InChI=1S/C24H30N2O3S/c1-3-18-7-10-21(11-8-18)26(30(28,29)22-12-4-17(2)5-13-22)16-24(27)25-23-15-19-6-9-20(23)14-19/h4-5,7-8,10-13,19-20,23H,3,6,9,14-16H2,1-2H3,(H,25,27)/t19-,20-,23-/m0/s1. The second-order valence-electron chi connectivity index (χ2n) is 8.69. The maximum atomic E-state index is 13.4. The summed E-state index contributed by atoms with van der Waals surface area (Å²) in [6.45, 7) is 3.76. The van der Waals surface area contributed by atoms with Crippen LogP contribution in [0.2, 0.25) is 0 Å². The maximum Gasteiger partial charge on any atom is 0.264 e. The van der Waals surface area contributed by atoms with Crippen molar-refractivity contribution >= 4 is 21.6 Å². The lowest BCUT2D eigenvalue weighted by Crippen LogP contribution is -2.46. The van der Waals surface area contributed by atoms with Crippen molar-refractivity contribution < 1.29 is 13.2 Å². The van der Waals surface area contributed by atoms with E-state index in [1.165, 1.54) is 23.6 Å². The van der Waals surface area contributed by atoms with Crippen LogP contribution in [0.5, 0.6) is 0 Å². The molecule has 6 heteroatoms. The van der Waals surface area contributed by atoms with Gasteiger partial charge in [0.2, 0.25) is 5.91 Å². The molecule has 2 aromatic carbocycles. The van der Waals surface area contributed by atoms with Crippen LogP contribution in [-0.4, -0.2) is 26.9 Å². The number of rotatable bonds is 7. The molecule has 160 valence electrons. The molecule has 0 aliphatic heterocycles. The van der Waals surface area contributed by atoms with E-state index < -0.39 is 10.0 Å². The van der Waals surface area contributed by atoms with Gasteiger partial charge in [0.15, 0.2) is 0 Å². The summed E-state index contributed by atoms with van der Waals surface area (Å²) in [5.41, 5.74) is 2.62. The van der Waals surface area contributed by atoms with Crippen LogP contribution in [0, 0.1) is 18.8 Å². The SMILES string of the molecule is CCc1ccc(N(CC(=O)N[C@H]2C[C@H]3CC[C@H]2C3)S(=O)(=O)c2ccc(C)cc2)cc1. The first-order chi connectivity index (χ1) is 14.4. The summed E-state index contributed by atoms with van der Waals surface area (Å²) in [5, 5.41) is 3.12. The summed E-state index contributed by atoms with van der Waals surface area (Å²) in [7, 11) is -3.86. The highest BCUT2D eigenvalue weighted by Crippen LogP contribution is 2.44. The number of nitrogens with one attached hydrogen (secondary N) is 1. The monoisotopic (exact) mass is 426 g/mol. The molecule has 0 aromatic heterocycles. The first-order valence-corrected chi connectivity index (χ1v) is 12.3. The number of aryl methyl sites for hydroxylation is 2. The summed E-state index contributed by atoms with van der Waals surface area (Å²) >= 11 is 0. The molecule has 0 radical (unpaired) electrons. The average molecular weight is 427 g/mol. The topological polar surface area (TPSA) is 66.5 Å². The molecule has 0 saturated heterocycles. The van der Waals surface area contributed by atoms with E-state index in [1.54, 1.807) is 36.4 Å². The van der Waals surface area contributed by atoms with Gasteiger partial charge in [-0.25, -0.2) is 8.42 Å². The normalized spacial score (nSPS) is 22.8. The van der Waals surface area contributed by atoms with E-state index in [0.29, 0.717) is 17.5 Å². The second kappa shape index (κ2) is 8.42. The van der Waals surface area contributed by atoms with Crippen molar-refractivity contribution in [2.75, 3.05) is 10.8 Å². The van der Waals surface area contributed by atoms with E-state index in [2.05, 4.69) is 12.2 Å². The van der Waals surface area contributed by atoms with E-state index in [9.17, 15) is 13.2 Å². The second-order valence-corrected chi connectivity index (χ2v) is 10.6. The molecule has 2 saturated carbocycles. The number of nitrogens with zero attached hydrogens (tertiary/aromatic N) is 1. The van der Waals surface area contributed by atoms with Gasteiger partial charge in [0, 0.05) is 6.04 Å². The number of hydrogen-bond donors (Lipinski definition) is 1. The smallest absolute Gasteiger partial charge is 0.264 e. The van der Waals surface area contributed by atoms with Gasteiger partial charge < -0.3 is 5.32 Å². The molecule has 2 bridgehead atoms. The highest BCUT2D eigenvalue weighted by atomic mass is 32.2. The Hall–Kier alpha value is -2.34. The van der Waals surface area contributed by atoms with Crippen molar-refractivity contribution in [2.45, 2.75) is 56.9 Å². The number of benzene rings is 2. The Labute approximate surface area is 179 Å². The molecule has 2 aromatic rings. The van der Waals surface area contributed by atoms with Gasteiger partial charge in [-0.2, -0.15) is 0 Å². The lowest BCUT2D eigenvalue weighted by atomic mass is 9.95. The number of fused-ring (bicyclic) bond motifs is 2. The van der Waals surface area contributed by atoms with Crippen molar-refractivity contribution in [2.24, 2.45) is 11.8 Å². The predicted octanol–water partition coefficient (Wildman–Crippen LogP) is 4.06. The lowest BCUT2D eigenvalue weighted by Gasteiger charge is -2.27. The van der Waals surface area contributed by atoms with Crippen LogP contribution in [0.3, 0.4) is 0 Å². The van der Waals surface area contributed by atoms with E-state index in [-0.39, 0.29) is 23.4 Å². The summed E-state index contributed by atoms with van der Waals surface area (Å²) in [6, 6.07) is 14.4. The quantitative estimate of drug-likeness (QED) is 0.726. The fourth-order valence-electron chi connectivity index (χ4n) is 4.85. The number of sulfonamides is 1. The molecular weight excluding hydrogens is 396 g/mol. The average Bonchev–Trinajstić information content (AvgIpc) is 3.35. The molecule has 30 heavy (non-hydrogen) atoms. The van der Waals surface area contributed by atoms with Crippen molar-refractivity contribution in [1.82, 2.24) is 5.32 Å². The van der Waals surface area contributed by atoms with Gasteiger partial charge in [-0.1, -0.05) is 43.2 Å². The third-order valence-electron chi connectivity index (χ3n) is 6.61. The fraction of sp³-hybridized carbons (Fsp3) is 0.458. The van der Waals surface area contributed by atoms with Crippen LogP contribution >= 0.6 is 0 Å². The molecule has 1 N–H and O–H groups in total. The van der Waals surface area contributed by atoms with E-state index in [4.69, 9.17) is 0 Å². The summed E-state index contributed by atoms with van der Waals surface area (Å²) < 4.78 is 28.1. The van der Waals surface area contributed by atoms with Crippen LogP contribution in [-0.2, 0) is 21.2 Å². The Morgan fingerprint density at radius 2 is 1.73 bits per heavy atom. The van der Waals surface area contributed by atoms with Gasteiger partial charge in [0.25, 0.3) is 10.0 Å². The van der Waals surface area contributed by atoms with Crippen molar-refractivity contribution in [3.63, 3.8) is 0 Å². The van der Waals surface area contributed by atoms with Gasteiger partial charge in [0.05, 0.1) is 10.6 Å². The minimum atomic E-state index is -3.86. The van der Waals surface area contributed by atoms with Gasteiger partial charge in [-0.3, -0.25) is 9.10 Å². The third kappa shape index (κ3) is 4.24. The molecule has 2 fully saturated rings.